The summed E-state index contributed by atoms with van der Waals surface area (Å²) in [5.74, 6) is 0.292. The molecular formula is C16H15N3O3. The Morgan fingerprint density at radius 2 is 1.77 bits per heavy atom. The number of benzene rings is 2. The first-order valence-corrected chi connectivity index (χ1v) is 6.49. The molecule has 6 heteroatoms. The molecule has 2 aromatic rings. The summed E-state index contributed by atoms with van der Waals surface area (Å²) in [6.45, 7) is 0. The van der Waals surface area contributed by atoms with E-state index in [4.69, 9.17) is 9.94 Å². The third kappa shape index (κ3) is 3.92. The number of hydrazone groups is 1. The van der Waals surface area contributed by atoms with Gasteiger partial charge in [0, 0.05) is 11.1 Å². The van der Waals surface area contributed by atoms with Crippen LogP contribution in [0.5, 0.6) is 5.75 Å². The van der Waals surface area contributed by atoms with E-state index in [1.54, 1.807) is 43.5 Å². The van der Waals surface area contributed by atoms with Crippen LogP contribution in [0.15, 0.2) is 64.9 Å². The maximum absolute atomic E-state index is 12.0. The van der Waals surface area contributed by atoms with Gasteiger partial charge in [-0.25, -0.2) is 5.43 Å². The molecule has 0 aliphatic rings. The van der Waals surface area contributed by atoms with E-state index in [0.717, 1.165) is 11.8 Å². The van der Waals surface area contributed by atoms with Gasteiger partial charge < -0.3 is 9.94 Å². The molecule has 0 spiro atoms. The van der Waals surface area contributed by atoms with Crippen LogP contribution in [0, 0.1) is 0 Å². The Kier molecular flexibility index (Phi) is 5.25. The summed E-state index contributed by atoms with van der Waals surface area (Å²) >= 11 is 0. The number of rotatable bonds is 5. The normalized spacial score (nSPS) is 11.4. The minimum absolute atomic E-state index is 0.338. The van der Waals surface area contributed by atoms with E-state index in [-0.39, 0.29) is 5.91 Å². The highest BCUT2D eigenvalue weighted by Crippen LogP contribution is 2.11. The Bertz CT molecular complexity index is 680. The number of amides is 1. The van der Waals surface area contributed by atoms with E-state index in [1.165, 1.54) is 0 Å². The number of nitrogens with zero attached hydrogens (tertiary/aromatic N) is 2. The van der Waals surface area contributed by atoms with Gasteiger partial charge in [0.2, 0.25) is 0 Å². The van der Waals surface area contributed by atoms with Crippen LogP contribution in [0.1, 0.15) is 15.9 Å². The number of methoxy groups -OCH3 is 1. The second-order valence-corrected chi connectivity index (χ2v) is 4.28. The molecule has 0 bridgehead atoms. The van der Waals surface area contributed by atoms with Gasteiger partial charge in [-0.3, -0.25) is 4.79 Å². The Labute approximate surface area is 127 Å². The van der Waals surface area contributed by atoms with Crippen molar-refractivity contribution in [3.63, 3.8) is 0 Å². The molecule has 0 fully saturated rings. The SMILES string of the molecule is COc1ccc(C(=O)NN=C(C=NO)c2ccccc2)cc1. The molecule has 0 radical (unpaired) electrons. The molecule has 6 nitrogen and oxygen atoms in total. The van der Waals surface area contributed by atoms with Gasteiger partial charge in [-0.1, -0.05) is 35.5 Å². The van der Waals surface area contributed by atoms with Crippen molar-refractivity contribution >= 4 is 17.8 Å². The number of carbonyl (C=O) groups is 1. The fraction of sp³-hybridized carbons (Fsp3) is 0.0625. The van der Waals surface area contributed by atoms with Gasteiger partial charge in [0.25, 0.3) is 5.91 Å². The number of ether oxygens (including phenoxy) is 1. The molecule has 0 unspecified atom stereocenters. The number of nitrogens with one attached hydrogen (secondary N) is 1. The van der Waals surface area contributed by atoms with Crippen molar-refractivity contribution in [2.45, 2.75) is 0 Å². The Morgan fingerprint density at radius 3 is 2.36 bits per heavy atom. The smallest absolute Gasteiger partial charge is 0.271 e. The quantitative estimate of drug-likeness (QED) is 0.504. The molecule has 2 aromatic carbocycles. The average Bonchev–Trinajstić information content (AvgIpc) is 2.59. The highest BCUT2D eigenvalue weighted by molar-refractivity contribution is 6.38. The summed E-state index contributed by atoms with van der Waals surface area (Å²) in [5, 5.41) is 15.6. The number of carbonyl (C=O) groups excluding carboxylic acids is 1. The maximum atomic E-state index is 12.0. The topological polar surface area (TPSA) is 83.3 Å². The summed E-state index contributed by atoms with van der Waals surface area (Å²) in [4.78, 5) is 12.0. The Balaban J connectivity index is 2.14. The van der Waals surface area contributed by atoms with Gasteiger partial charge in [-0.15, -0.1) is 0 Å². The standard InChI is InChI=1S/C16H15N3O3/c1-22-14-9-7-13(8-10-14)16(20)19-18-15(11-17-21)12-5-3-2-4-6-12/h2-11,21H,1H3,(H,19,20). The van der Waals surface area contributed by atoms with Crippen LogP contribution in [-0.4, -0.2) is 30.2 Å². The summed E-state index contributed by atoms with van der Waals surface area (Å²) in [6.07, 6.45) is 1.16. The first-order chi connectivity index (χ1) is 10.7. The lowest BCUT2D eigenvalue weighted by atomic mass is 10.1. The molecule has 0 aliphatic carbocycles. The zero-order chi connectivity index (χ0) is 15.8. The Morgan fingerprint density at radius 1 is 1.09 bits per heavy atom. The predicted molar refractivity (Wildman–Crippen MR) is 83.7 cm³/mol. The molecule has 0 heterocycles. The van der Waals surface area contributed by atoms with Crippen molar-refractivity contribution in [3.8, 4) is 5.75 Å². The lowest BCUT2D eigenvalue weighted by Crippen LogP contribution is -2.20. The average molecular weight is 297 g/mol. The number of hydrogen-bond acceptors (Lipinski definition) is 5. The molecule has 0 aliphatic heterocycles. The summed E-state index contributed by atoms with van der Waals surface area (Å²) in [7, 11) is 1.56. The van der Waals surface area contributed by atoms with Crippen molar-refractivity contribution in [3.05, 3.63) is 65.7 Å². The first-order valence-electron chi connectivity index (χ1n) is 6.49. The number of hydrogen-bond donors (Lipinski definition) is 2. The zero-order valence-corrected chi connectivity index (χ0v) is 11.9. The maximum Gasteiger partial charge on any atom is 0.271 e. The van der Waals surface area contributed by atoms with Crippen LogP contribution in [-0.2, 0) is 0 Å². The molecule has 0 saturated heterocycles. The molecule has 2 N–H and O–H groups in total. The molecule has 0 atom stereocenters. The summed E-state index contributed by atoms with van der Waals surface area (Å²) in [6, 6.07) is 15.7. The van der Waals surface area contributed by atoms with Crippen molar-refractivity contribution < 1.29 is 14.7 Å². The third-order valence-electron chi connectivity index (χ3n) is 2.88. The van der Waals surface area contributed by atoms with Crippen LogP contribution < -0.4 is 10.2 Å². The van der Waals surface area contributed by atoms with Crippen LogP contribution in [0.3, 0.4) is 0 Å². The van der Waals surface area contributed by atoms with Crippen LogP contribution in [0.2, 0.25) is 0 Å². The third-order valence-corrected chi connectivity index (χ3v) is 2.88. The molecule has 0 aromatic heterocycles. The van der Waals surface area contributed by atoms with E-state index in [2.05, 4.69) is 15.7 Å². The second kappa shape index (κ2) is 7.58. The lowest BCUT2D eigenvalue weighted by Gasteiger charge is -2.04. The number of oxime groups is 1. The summed E-state index contributed by atoms with van der Waals surface area (Å²) < 4.78 is 5.03. The van der Waals surface area contributed by atoms with Gasteiger partial charge >= 0.3 is 0 Å². The van der Waals surface area contributed by atoms with Crippen molar-refractivity contribution in [1.29, 1.82) is 0 Å². The molecule has 1 amide bonds. The van der Waals surface area contributed by atoms with Crippen LogP contribution >= 0.6 is 0 Å². The predicted octanol–water partition coefficient (Wildman–Crippen LogP) is 2.29. The van der Waals surface area contributed by atoms with Gasteiger partial charge in [0.15, 0.2) is 0 Å². The first kappa shape index (κ1) is 15.2. The zero-order valence-electron chi connectivity index (χ0n) is 11.9. The van der Waals surface area contributed by atoms with Gasteiger partial charge in [0.1, 0.15) is 11.5 Å². The van der Waals surface area contributed by atoms with E-state index < -0.39 is 0 Å². The van der Waals surface area contributed by atoms with Gasteiger partial charge in [-0.2, -0.15) is 5.10 Å². The Hall–Kier alpha value is -3.15. The van der Waals surface area contributed by atoms with E-state index in [1.807, 2.05) is 18.2 Å². The fourth-order valence-corrected chi connectivity index (χ4v) is 1.75. The minimum Gasteiger partial charge on any atom is -0.497 e. The molecule has 0 saturated carbocycles. The van der Waals surface area contributed by atoms with Crippen LogP contribution in [0.25, 0.3) is 0 Å². The highest BCUT2D eigenvalue weighted by atomic mass is 16.5. The summed E-state index contributed by atoms with van der Waals surface area (Å²) in [5.41, 5.74) is 3.92. The van der Waals surface area contributed by atoms with Crippen molar-refractivity contribution in [1.82, 2.24) is 5.43 Å². The lowest BCUT2D eigenvalue weighted by molar-refractivity contribution is 0.0955. The molecule has 2 rings (SSSR count). The molecule has 112 valence electrons. The largest absolute Gasteiger partial charge is 0.497 e. The monoisotopic (exact) mass is 297 g/mol. The fourth-order valence-electron chi connectivity index (χ4n) is 1.75. The van der Waals surface area contributed by atoms with E-state index >= 15 is 0 Å². The van der Waals surface area contributed by atoms with Crippen molar-refractivity contribution in [2.24, 2.45) is 10.3 Å². The van der Waals surface area contributed by atoms with Gasteiger partial charge in [0.05, 0.1) is 13.3 Å². The van der Waals surface area contributed by atoms with E-state index in [9.17, 15) is 4.79 Å². The van der Waals surface area contributed by atoms with Crippen molar-refractivity contribution in [2.75, 3.05) is 7.11 Å². The highest BCUT2D eigenvalue weighted by Gasteiger charge is 2.06. The minimum atomic E-state index is -0.373. The van der Waals surface area contributed by atoms with Crippen LogP contribution in [0.4, 0.5) is 0 Å². The second-order valence-electron chi connectivity index (χ2n) is 4.28. The molecule has 22 heavy (non-hydrogen) atoms. The molecular weight excluding hydrogens is 282 g/mol. The van der Waals surface area contributed by atoms with E-state index in [0.29, 0.717) is 17.0 Å². The van der Waals surface area contributed by atoms with Gasteiger partial charge in [-0.05, 0) is 24.3 Å².